The highest BCUT2D eigenvalue weighted by molar-refractivity contribution is 7.99. The molecule has 0 heterocycles. The van der Waals surface area contributed by atoms with Crippen molar-refractivity contribution >= 4 is 23.1 Å². The molecule has 1 aromatic rings. The lowest BCUT2D eigenvalue weighted by Gasteiger charge is -2.28. The lowest BCUT2D eigenvalue weighted by molar-refractivity contribution is -0.384. The van der Waals surface area contributed by atoms with Crippen LogP contribution in [0.2, 0.25) is 0 Å². The molecule has 5 nitrogen and oxygen atoms in total. The molecule has 20 heavy (non-hydrogen) atoms. The normalized spacial score (nSPS) is 22.0. The van der Waals surface area contributed by atoms with Gasteiger partial charge in [0, 0.05) is 17.4 Å². The highest BCUT2D eigenvalue weighted by Crippen LogP contribution is 2.31. The fraction of sp³-hybridized carbons (Fsp3) is 0.500. The highest BCUT2D eigenvalue weighted by atomic mass is 32.2. The summed E-state index contributed by atoms with van der Waals surface area (Å²) in [6, 6.07) is 6.79. The molecular formula is C14H17N3O2S. The van der Waals surface area contributed by atoms with E-state index in [0.29, 0.717) is 16.5 Å². The summed E-state index contributed by atoms with van der Waals surface area (Å²) in [5.74, 6) is 0. The summed E-state index contributed by atoms with van der Waals surface area (Å²) < 4.78 is 0. The van der Waals surface area contributed by atoms with Crippen LogP contribution < -0.4 is 5.32 Å². The average molecular weight is 291 g/mol. The van der Waals surface area contributed by atoms with Crippen LogP contribution in [-0.4, -0.2) is 22.5 Å². The van der Waals surface area contributed by atoms with E-state index in [1.807, 2.05) is 17.8 Å². The smallest absolute Gasteiger partial charge is 0.293 e. The van der Waals surface area contributed by atoms with Gasteiger partial charge in [-0.1, -0.05) is 0 Å². The molecular weight excluding hydrogens is 274 g/mol. The molecule has 1 N–H and O–H groups in total. The maximum Gasteiger partial charge on any atom is 0.293 e. The fourth-order valence-electron chi connectivity index (χ4n) is 2.54. The number of rotatable bonds is 4. The number of anilines is 1. The van der Waals surface area contributed by atoms with E-state index >= 15 is 0 Å². The first-order valence-corrected chi connectivity index (χ1v) is 7.90. The molecule has 6 heteroatoms. The van der Waals surface area contributed by atoms with E-state index in [4.69, 9.17) is 5.26 Å². The second-order valence-electron chi connectivity index (χ2n) is 4.95. The highest BCUT2D eigenvalue weighted by Gasteiger charge is 2.23. The Morgan fingerprint density at radius 2 is 2.10 bits per heavy atom. The quantitative estimate of drug-likeness (QED) is 0.678. The van der Waals surface area contributed by atoms with Gasteiger partial charge < -0.3 is 5.32 Å². The minimum absolute atomic E-state index is 0.0176. The Bertz CT molecular complexity index is 534. The second kappa shape index (κ2) is 6.62. The van der Waals surface area contributed by atoms with Crippen LogP contribution in [0, 0.1) is 21.4 Å². The average Bonchev–Trinajstić information content (AvgIpc) is 2.48. The van der Waals surface area contributed by atoms with Crippen molar-refractivity contribution < 1.29 is 4.92 Å². The van der Waals surface area contributed by atoms with Gasteiger partial charge in [0.15, 0.2) is 0 Å². The molecule has 0 bridgehead atoms. The van der Waals surface area contributed by atoms with E-state index in [-0.39, 0.29) is 11.7 Å². The number of nitrogens with zero attached hydrogens (tertiary/aromatic N) is 2. The third kappa shape index (κ3) is 3.42. The van der Waals surface area contributed by atoms with Crippen molar-refractivity contribution in [3.05, 3.63) is 33.9 Å². The van der Waals surface area contributed by atoms with Crippen molar-refractivity contribution in [2.24, 2.45) is 0 Å². The van der Waals surface area contributed by atoms with Gasteiger partial charge in [-0.15, -0.1) is 0 Å². The van der Waals surface area contributed by atoms with Gasteiger partial charge >= 0.3 is 0 Å². The van der Waals surface area contributed by atoms with Gasteiger partial charge in [0.05, 0.1) is 16.6 Å². The van der Waals surface area contributed by atoms with E-state index in [2.05, 4.69) is 11.6 Å². The third-order valence-corrected chi connectivity index (χ3v) is 4.83. The summed E-state index contributed by atoms with van der Waals surface area (Å²) in [7, 11) is 0. The van der Waals surface area contributed by atoms with E-state index in [1.54, 1.807) is 12.1 Å². The van der Waals surface area contributed by atoms with E-state index in [0.717, 1.165) is 25.7 Å². The summed E-state index contributed by atoms with van der Waals surface area (Å²) in [6.45, 7) is 0. The van der Waals surface area contributed by atoms with Crippen molar-refractivity contribution in [3.63, 3.8) is 0 Å². The van der Waals surface area contributed by atoms with Gasteiger partial charge in [-0.05, 0) is 44.1 Å². The lowest BCUT2D eigenvalue weighted by atomic mass is 9.94. The fourth-order valence-corrected chi connectivity index (χ4v) is 3.28. The molecule has 0 aromatic heterocycles. The van der Waals surface area contributed by atoms with Crippen molar-refractivity contribution in [1.29, 1.82) is 5.26 Å². The zero-order valence-corrected chi connectivity index (χ0v) is 12.2. The summed E-state index contributed by atoms with van der Waals surface area (Å²) in [5.41, 5.74) is 0.811. The first-order chi connectivity index (χ1) is 9.63. The molecule has 0 spiro atoms. The molecule has 0 saturated heterocycles. The largest absolute Gasteiger partial charge is 0.377 e. The number of hydrogen-bond donors (Lipinski definition) is 1. The topological polar surface area (TPSA) is 79.0 Å². The Balaban J connectivity index is 2.10. The number of nitrogens with one attached hydrogen (secondary N) is 1. The van der Waals surface area contributed by atoms with Gasteiger partial charge in [-0.2, -0.15) is 17.0 Å². The Kier molecular flexibility index (Phi) is 4.85. The molecule has 1 saturated carbocycles. The lowest BCUT2D eigenvalue weighted by Crippen LogP contribution is -2.27. The van der Waals surface area contributed by atoms with Gasteiger partial charge in [0.25, 0.3) is 5.69 Å². The number of nitro benzene ring substituents is 1. The number of nitro groups is 1. The van der Waals surface area contributed by atoms with Crippen LogP contribution in [0.15, 0.2) is 18.2 Å². The molecule has 2 rings (SSSR count). The SMILES string of the molecule is CSC1CCC(Nc2ccc(C#N)cc2[N+](=O)[O-])CC1. The van der Waals surface area contributed by atoms with E-state index < -0.39 is 4.92 Å². The standard InChI is InChI=1S/C14H17N3O2S/c1-20-12-5-3-11(4-6-12)16-13-7-2-10(9-15)8-14(13)17(18)19/h2,7-8,11-12,16H,3-6H2,1H3. The molecule has 0 atom stereocenters. The number of thioether (sulfide) groups is 1. The molecule has 1 fully saturated rings. The summed E-state index contributed by atoms with van der Waals surface area (Å²) in [4.78, 5) is 10.6. The Labute approximate surface area is 122 Å². The molecule has 1 aromatic carbocycles. The van der Waals surface area contributed by atoms with E-state index in [1.165, 1.54) is 6.07 Å². The first kappa shape index (κ1) is 14.7. The van der Waals surface area contributed by atoms with Crippen LogP contribution in [0.3, 0.4) is 0 Å². The van der Waals surface area contributed by atoms with Crippen LogP contribution in [0.5, 0.6) is 0 Å². The molecule has 0 radical (unpaired) electrons. The minimum Gasteiger partial charge on any atom is -0.377 e. The van der Waals surface area contributed by atoms with Crippen LogP contribution in [0.1, 0.15) is 31.2 Å². The minimum atomic E-state index is -0.434. The predicted molar refractivity (Wildman–Crippen MR) is 81.0 cm³/mol. The Morgan fingerprint density at radius 1 is 1.40 bits per heavy atom. The second-order valence-corrected chi connectivity index (χ2v) is 6.09. The number of benzene rings is 1. The third-order valence-electron chi connectivity index (χ3n) is 3.69. The molecule has 0 amide bonds. The molecule has 0 unspecified atom stereocenters. The molecule has 106 valence electrons. The van der Waals surface area contributed by atoms with Crippen molar-refractivity contribution in [1.82, 2.24) is 0 Å². The number of hydrogen-bond acceptors (Lipinski definition) is 5. The number of nitriles is 1. The Morgan fingerprint density at radius 3 is 2.65 bits per heavy atom. The van der Waals surface area contributed by atoms with Gasteiger partial charge in [0.1, 0.15) is 5.69 Å². The predicted octanol–water partition coefficient (Wildman–Crippen LogP) is 3.55. The first-order valence-electron chi connectivity index (χ1n) is 6.62. The van der Waals surface area contributed by atoms with Gasteiger partial charge in [-0.25, -0.2) is 0 Å². The maximum absolute atomic E-state index is 11.1. The molecule has 0 aliphatic heterocycles. The van der Waals surface area contributed by atoms with Crippen LogP contribution >= 0.6 is 11.8 Å². The molecule has 1 aliphatic carbocycles. The zero-order chi connectivity index (χ0) is 14.5. The Hall–Kier alpha value is -1.74. The van der Waals surface area contributed by atoms with Gasteiger partial charge in [0.2, 0.25) is 0 Å². The van der Waals surface area contributed by atoms with Crippen molar-refractivity contribution in [2.75, 3.05) is 11.6 Å². The summed E-state index contributed by atoms with van der Waals surface area (Å²) in [6.07, 6.45) is 6.47. The van der Waals surface area contributed by atoms with Crippen LogP contribution in [0.25, 0.3) is 0 Å². The van der Waals surface area contributed by atoms with Crippen LogP contribution in [0.4, 0.5) is 11.4 Å². The zero-order valence-electron chi connectivity index (χ0n) is 11.3. The van der Waals surface area contributed by atoms with E-state index in [9.17, 15) is 10.1 Å². The molecule has 1 aliphatic rings. The van der Waals surface area contributed by atoms with Crippen molar-refractivity contribution in [2.45, 2.75) is 37.0 Å². The van der Waals surface area contributed by atoms with Gasteiger partial charge in [-0.3, -0.25) is 10.1 Å². The maximum atomic E-state index is 11.1. The monoisotopic (exact) mass is 291 g/mol. The van der Waals surface area contributed by atoms with Crippen molar-refractivity contribution in [3.8, 4) is 6.07 Å². The van der Waals surface area contributed by atoms with Crippen LogP contribution in [-0.2, 0) is 0 Å². The summed E-state index contributed by atoms with van der Waals surface area (Å²) in [5, 5.41) is 23.9. The summed E-state index contributed by atoms with van der Waals surface area (Å²) >= 11 is 1.90.